The van der Waals surface area contributed by atoms with Crippen LogP contribution in [-0.4, -0.2) is 7.25 Å². The highest BCUT2D eigenvalue weighted by atomic mass is 32.2. The Morgan fingerprint density at radius 1 is 0.960 bits per heavy atom. The van der Waals surface area contributed by atoms with Gasteiger partial charge < -0.3 is 17.3 Å². The average molecular weight is 391 g/mol. The fourth-order valence-electron chi connectivity index (χ4n) is 2.74. The zero-order valence-electron chi connectivity index (χ0n) is 14.2. The number of fused-ring (bicyclic) bond motifs is 3. The van der Waals surface area contributed by atoms with Crippen LogP contribution in [0.4, 0.5) is 17.3 Å². The van der Waals surface area contributed by atoms with E-state index in [1.807, 2.05) is 22.7 Å². The second kappa shape index (κ2) is 9.52. The number of hydrogen-bond acceptors (Lipinski definition) is 2. The van der Waals surface area contributed by atoms with Crippen molar-refractivity contribution in [3.8, 4) is 0 Å². The summed E-state index contributed by atoms with van der Waals surface area (Å²) >= 11 is 3.81. The van der Waals surface area contributed by atoms with Crippen LogP contribution < -0.4 is 4.40 Å². The summed E-state index contributed by atoms with van der Waals surface area (Å²) < 4.78 is 44.3. The number of para-hydroxylation sites is 1. The second-order valence-electron chi connectivity index (χ2n) is 5.91. The predicted molar refractivity (Wildman–Crippen MR) is 100 cm³/mol. The van der Waals surface area contributed by atoms with E-state index < -0.39 is 7.25 Å². The third-order valence-corrected chi connectivity index (χ3v) is 6.09. The van der Waals surface area contributed by atoms with Gasteiger partial charge in [0.1, 0.15) is 4.70 Å². The Bertz CT molecular complexity index is 776. The van der Waals surface area contributed by atoms with E-state index in [0.717, 1.165) is 0 Å². The number of thiazole rings is 2. The Morgan fingerprint density at radius 3 is 2.32 bits per heavy atom. The van der Waals surface area contributed by atoms with Gasteiger partial charge >= 0.3 is 11.4 Å². The fraction of sp³-hybridized carbons (Fsp3) is 0.471. The molecule has 0 radical (unpaired) electrons. The number of benzene rings is 1. The lowest BCUT2D eigenvalue weighted by molar-refractivity contribution is -0.483. The van der Waals surface area contributed by atoms with E-state index in [1.165, 1.54) is 65.0 Å². The molecule has 0 unspecified atom stereocenters. The predicted octanol–water partition coefficient (Wildman–Crippen LogP) is 6.90. The van der Waals surface area contributed by atoms with Crippen molar-refractivity contribution >= 4 is 44.3 Å². The van der Waals surface area contributed by atoms with Crippen LogP contribution in [0.3, 0.4) is 0 Å². The standard InChI is InChI=1S/C17H22NS2.BF4/c1-2-3-4-5-6-7-10-14-13-19-17-18(14)15-11-8-9-12-16(15)20-17;2-1(3,4)5/h8-9,11-13H,2-7,10H2,1H3;/q+1;-1. The molecule has 8 heteroatoms. The van der Waals surface area contributed by atoms with Crippen LogP contribution in [0.2, 0.25) is 0 Å². The monoisotopic (exact) mass is 391 g/mol. The van der Waals surface area contributed by atoms with Gasteiger partial charge in [-0.05, 0) is 12.5 Å². The molecule has 2 heterocycles. The molecule has 0 N–H and O–H groups in total. The van der Waals surface area contributed by atoms with Crippen molar-refractivity contribution in [2.45, 2.75) is 51.9 Å². The summed E-state index contributed by atoms with van der Waals surface area (Å²) in [6, 6.07) is 8.76. The van der Waals surface area contributed by atoms with E-state index in [4.69, 9.17) is 0 Å². The number of hydrogen-bond donors (Lipinski definition) is 0. The SMILES string of the molecule is CCCCCCCCc1csc2sc3ccccc3[n+]12.F[B-](F)(F)F. The van der Waals surface area contributed by atoms with Crippen molar-refractivity contribution in [2.75, 3.05) is 0 Å². The quantitative estimate of drug-likeness (QED) is 0.178. The first kappa shape index (κ1) is 20.2. The van der Waals surface area contributed by atoms with E-state index in [0.29, 0.717) is 0 Å². The topological polar surface area (TPSA) is 4.10 Å². The van der Waals surface area contributed by atoms with Crippen molar-refractivity contribution in [1.29, 1.82) is 0 Å². The Balaban J connectivity index is 0.000000399. The van der Waals surface area contributed by atoms with Crippen LogP contribution in [0, 0.1) is 0 Å². The van der Waals surface area contributed by atoms with Gasteiger partial charge in [0.25, 0.3) is 0 Å². The maximum Gasteiger partial charge on any atom is 0.673 e. The molecule has 0 saturated carbocycles. The Morgan fingerprint density at radius 2 is 1.60 bits per heavy atom. The molecular weight excluding hydrogens is 369 g/mol. The zero-order chi connectivity index (χ0) is 18.3. The summed E-state index contributed by atoms with van der Waals surface area (Å²) in [5.41, 5.74) is 2.88. The van der Waals surface area contributed by atoms with Crippen molar-refractivity contribution in [3.05, 3.63) is 35.3 Å². The van der Waals surface area contributed by atoms with Gasteiger partial charge in [-0.2, -0.15) is 0 Å². The number of nitrogens with zero attached hydrogens (tertiary/aromatic N) is 1. The summed E-state index contributed by atoms with van der Waals surface area (Å²) in [4.78, 5) is 0. The van der Waals surface area contributed by atoms with E-state index in [9.17, 15) is 17.3 Å². The van der Waals surface area contributed by atoms with E-state index in [2.05, 4.69) is 41.0 Å². The van der Waals surface area contributed by atoms with Gasteiger partial charge in [-0.25, -0.2) is 0 Å². The van der Waals surface area contributed by atoms with E-state index >= 15 is 0 Å². The Kier molecular flexibility index (Phi) is 7.68. The van der Waals surface area contributed by atoms with Gasteiger partial charge in [0.15, 0.2) is 5.69 Å². The molecule has 0 amide bonds. The van der Waals surface area contributed by atoms with Crippen LogP contribution in [0.25, 0.3) is 14.4 Å². The van der Waals surface area contributed by atoms with Crippen molar-refractivity contribution < 1.29 is 21.7 Å². The highest BCUT2D eigenvalue weighted by molar-refractivity contribution is 7.37. The van der Waals surface area contributed by atoms with Gasteiger partial charge in [-0.3, -0.25) is 0 Å². The molecule has 0 saturated heterocycles. The Hall–Kier alpha value is -1.15. The third kappa shape index (κ3) is 6.58. The van der Waals surface area contributed by atoms with Gasteiger partial charge in [-0.15, -0.1) is 4.40 Å². The fourth-order valence-corrected chi connectivity index (χ4v) is 5.04. The van der Waals surface area contributed by atoms with Crippen LogP contribution in [0.15, 0.2) is 29.6 Å². The van der Waals surface area contributed by atoms with Crippen LogP contribution in [0.5, 0.6) is 0 Å². The summed E-state index contributed by atoms with van der Waals surface area (Å²) in [6.07, 6.45) is 9.46. The normalized spacial score (nSPS) is 11.7. The molecule has 0 aliphatic heterocycles. The van der Waals surface area contributed by atoms with Crippen LogP contribution in [0.1, 0.15) is 51.1 Å². The largest absolute Gasteiger partial charge is 0.673 e. The van der Waals surface area contributed by atoms with Crippen LogP contribution in [-0.2, 0) is 6.42 Å². The highest BCUT2D eigenvalue weighted by Gasteiger charge is 2.21. The summed E-state index contributed by atoms with van der Waals surface area (Å²) in [7, 11) is -6.00. The van der Waals surface area contributed by atoms with E-state index in [-0.39, 0.29) is 0 Å². The van der Waals surface area contributed by atoms with Gasteiger partial charge in [-0.1, -0.05) is 73.8 Å². The minimum atomic E-state index is -6.00. The second-order valence-corrected chi connectivity index (χ2v) is 8.06. The van der Waals surface area contributed by atoms with Gasteiger partial charge in [0.05, 0.1) is 5.38 Å². The third-order valence-electron chi connectivity index (χ3n) is 3.86. The highest BCUT2D eigenvalue weighted by Crippen LogP contribution is 2.26. The molecule has 25 heavy (non-hydrogen) atoms. The van der Waals surface area contributed by atoms with Crippen molar-refractivity contribution in [1.82, 2.24) is 0 Å². The van der Waals surface area contributed by atoms with Crippen molar-refractivity contribution in [2.24, 2.45) is 0 Å². The molecule has 0 atom stereocenters. The molecule has 138 valence electrons. The van der Waals surface area contributed by atoms with Gasteiger partial charge in [0.2, 0.25) is 5.52 Å². The number of rotatable bonds is 7. The molecular formula is C17H22BF4NS2. The molecule has 1 nitrogen and oxygen atoms in total. The molecule has 0 spiro atoms. The Labute approximate surface area is 153 Å². The summed E-state index contributed by atoms with van der Waals surface area (Å²) in [6.45, 7) is 2.28. The maximum absolute atomic E-state index is 9.75. The lowest BCUT2D eigenvalue weighted by atomic mass is 10.1. The lowest BCUT2D eigenvalue weighted by Gasteiger charge is -1.97. The molecule has 0 bridgehead atoms. The smallest absolute Gasteiger partial charge is 0.418 e. The average Bonchev–Trinajstić information content (AvgIpc) is 3.08. The van der Waals surface area contributed by atoms with Gasteiger partial charge in [0, 0.05) is 12.5 Å². The first-order valence-electron chi connectivity index (χ1n) is 8.57. The van der Waals surface area contributed by atoms with Crippen LogP contribution >= 0.6 is 22.7 Å². The number of halogens is 4. The first-order chi connectivity index (χ1) is 11.9. The lowest BCUT2D eigenvalue weighted by Crippen LogP contribution is -2.21. The molecule has 0 aliphatic carbocycles. The number of aromatic nitrogens is 1. The summed E-state index contributed by atoms with van der Waals surface area (Å²) in [5, 5.41) is 2.35. The molecule has 0 aliphatic rings. The minimum Gasteiger partial charge on any atom is -0.418 e. The molecule has 3 aromatic rings. The minimum absolute atomic E-state index is 1.22. The maximum atomic E-state index is 9.75. The zero-order valence-corrected chi connectivity index (χ0v) is 15.8. The molecule has 0 fully saturated rings. The first-order valence-corrected chi connectivity index (χ1v) is 10.3. The molecule has 2 aromatic heterocycles. The number of aryl methyl sites for hydroxylation is 1. The number of unbranched alkanes of at least 4 members (excludes halogenated alkanes) is 5. The van der Waals surface area contributed by atoms with Crippen molar-refractivity contribution in [3.63, 3.8) is 0 Å². The molecule has 1 aromatic carbocycles. The van der Waals surface area contributed by atoms with E-state index in [1.54, 1.807) is 0 Å². The molecule has 3 rings (SSSR count). The summed E-state index contributed by atoms with van der Waals surface area (Å²) in [5.74, 6) is 0.